The Hall–Kier alpha value is -3.32. The van der Waals surface area contributed by atoms with Crippen molar-refractivity contribution in [2.75, 3.05) is 5.75 Å². The zero-order valence-electron chi connectivity index (χ0n) is 14.1. The van der Waals surface area contributed by atoms with Gasteiger partial charge in [0.05, 0.1) is 5.75 Å². The molecule has 2 N–H and O–H groups in total. The highest BCUT2D eigenvalue weighted by Crippen LogP contribution is 2.22. The molecule has 1 heterocycles. The van der Waals surface area contributed by atoms with Crippen LogP contribution in [0.1, 0.15) is 10.4 Å². The second kappa shape index (κ2) is 7.51. The zero-order valence-corrected chi connectivity index (χ0v) is 15.0. The molecule has 1 aromatic heterocycles. The Labute approximate surface area is 158 Å². The van der Waals surface area contributed by atoms with E-state index in [1.807, 2.05) is 54.6 Å². The molecule has 0 bridgehead atoms. The lowest BCUT2D eigenvalue weighted by molar-refractivity contribution is -0.119. The number of nitrogens with zero attached hydrogens (tertiary/aromatic N) is 1. The molecule has 6 nitrogen and oxygen atoms in total. The Bertz CT molecular complexity index is 1110. The van der Waals surface area contributed by atoms with Crippen molar-refractivity contribution in [1.29, 1.82) is 0 Å². The topological polar surface area (TPSA) is 84.2 Å². The summed E-state index contributed by atoms with van der Waals surface area (Å²) in [6, 6.07) is 20.5. The number of oxazole rings is 1. The van der Waals surface area contributed by atoms with Gasteiger partial charge in [0.2, 0.25) is 5.91 Å². The van der Waals surface area contributed by atoms with Gasteiger partial charge in [-0.05, 0) is 35.0 Å². The number of thioether (sulfide) groups is 1. The third-order valence-corrected chi connectivity index (χ3v) is 4.76. The van der Waals surface area contributed by atoms with Crippen molar-refractivity contribution >= 4 is 45.4 Å². The lowest BCUT2D eigenvalue weighted by Crippen LogP contribution is -2.42. The number of para-hydroxylation sites is 2. The number of hydrogen-bond donors (Lipinski definition) is 2. The van der Waals surface area contributed by atoms with Crippen LogP contribution in [0, 0.1) is 0 Å². The number of rotatable bonds is 4. The van der Waals surface area contributed by atoms with E-state index in [2.05, 4.69) is 15.8 Å². The minimum atomic E-state index is -0.374. The van der Waals surface area contributed by atoms with Crippen molar-refractivity contribution in [3.63, 3.8) is 0 Å². The van der Waals surface area contributed by atoms with Crippen LogP contribution >= 0.6 is 11.8 Å². The lowest BCUT2D eigenvalue weighted by atomic mass is 10.1. The summed E-state index contributed by atoms with van der Waals surface area (Å²) >= 11 is 1.16. The van der Waals surface area contributed by atoms with E-state index in [1.165, 1.54) is 0 Å². The molecule has 7 heteroatoms. The van der Waals surface area contributed by atoms with Crippen LogP contribution in [0.5, 0.6) is 0 Å². The first-order valence-electron chi connectivity index (χ1n) is 8.25. The average Bonchev–Trinajstić information content (AvgIpc) is 3.13. The molecule has 4 aromatic rings. The predicted octanol–water partition coefficient (Wildman–Crippen LogP) is 3.53. The molecule has 0 unspecified atom stereocenters. The molecule has 0 radical (unpaired) electrons. The van der Waals surface area contributed by atoms with E-state index in [1.54, 1.807) is 12.1 Å². The van der Waals surface area contributed by atoms with E-state index >= 15 is 0 Å². The van der Waals surface area contributed by atoms with Crippen molar-refractivity contribution < 1.29 is 14.0 Å². The van der Waals surface area contributed by atoms with Crippen LogP contribution in [0.25, 0.3) is 21.9 Å². The number of benzene rings is 3. The Balaban J connectivity index is 1.32. The van der Waals surface area contributed by atoms with Crippen molar-refractivity contribution in [1.82, 2.24) is 15.8 Å². The molecule has 0 aliphatic carbocycles. The van der Waals surface area contributed by atoms with Crippen LogP contribution in [0.2, 0.25) is 0 Å². The maximum atomic E-state index is 12.2. The normalized spacial score (nSPS) is 10.8. The fourth-order valence-electron chi connectivity index (χ4n) is 2.61. The SMILES string of the molecule is O=C(CSc1nc2ccccc2o1)NNC(=O)c1ccc2ccccc2c1. The predicted molar refractivity (Wildman–Crippen MR) is 104 cm³/mol. The van der Waals surface area contributed by atoms with Gasteiger partial charge >= 0.3 is 0 Å². The van der Waals surface area contributed by atoms with Crippen molar-refractivity contribution in [2.45, 2.75) is 5.22 Å². The first-order valence-corrected chi connectivity index (χ1v) is 9.24. The van der Waals surface area contributed by atoms with Gasteiger partial charge < -0.3 is 4.42 Å². The molecule has 4 rings (SSSR count). The highest BCUT2D eigenvalue weighted by Gasteiger charge is 2.11. The number of carbonyl (C=O) groups excluding carboxylic acids is 2. The van der Waals surface area contributed by atoms with Crippen LogP contribution in [0.15, 0.2) is 76.4 Å². The van der Waals surface area contributed by atoms with E-state index in [9.17, 15) is 9.59 Å². The smallest absolute Gasteiger partial charge is 0.269 e. The van der Waals surface area contributed by atoms with Crippen molar-refractivity contribution in [2.24, 2.45) is 0 Å². The fourth-order valence-corrected chi connectivity index (χ4v) is 3.24. The average molecular weight is 377 g/mol. The summed E-state index contributed by atoms with van der Waals surface area (Å²) in [6.07, 6.45) is 0. The molecule has 0 aliphatic heterocycles. The summed E-state index contributed by atoms with van der Waals surface area (Å²) in [5.74, 6) is -0.650. The minimum Gasteiger partial charge on any atom is -0.431 e. The molecule has 3 aromatic carbocycles. The molecule has 0 aliphatic rings. The molecule has 0 saturated carbocycles. The molecule has 0 fully saturated rings. The molecule has 0 saturated heterocycles. The molecule has 2 amide bonds. The highest BCUT2D eigenvalue weighted by atomic mass is 32.2. The minimum absolute atomic E-state index is 0.0742. The van der Waals surface area contributed by atoms with Gasteiger partial charge in [0.15, 0.2) is 5.58 Å². The first-order chi connectivity index (χ1) is 13.2. The molecule has 0 spiro atoms. The van der Waals surface area contributed by atoms with Gasteiger partial charge in [-0.15, -0.1) is 0 Å². The number of amides is 2. The number of hydrazine groups is 1. The van der Waals surface area contributed by atoms with Crippen LogP contribution in [-0.2, 0) is 4.79 Å². The van der Waals surface area contributed by atoms with Gasteiger partial charge in [-0.3, -0.25) is 20.4 Å². The molecule has 134 valence electrons. The summed E-state index contributed by atoms with van der Waals surface area (Å²) in [6.45, 7) is 0. The zero-order chi connectivity index (χ0) is 18.6. The number of aromatic nitrogens is 1. The summed E-state index contributed by atoms with van der Waals surface area (Å²) in [5.41, 5.74) is 6.71. The van der Waals surface area contributed by atoms with Gasteiger partial charge in [-0.1, -0.05) is 54.2 Å². The molecular formula is C20H15N3O3S. The Morgan fingerprint density at radius 2 is 1.70 bits per heavy atom. The third kappa shape index (κ3) is 3.93. The monoisotopic (exact) mass is 377 g/mol. The van der Waals surface area contributed by atoms with Gasteiger partial charge in [0, 0.05) is 5.56 Å². The van der Waals surface area contributed by atoms with Gasteiger partial charge in [0.25, 0.3) is 11.1 Å². The number of nitrogens with one attached hydrogen (secondary N) is 2. The number of fused-ring (bicyclic) bond motifs is 2. The molecular weight excluding hydrogens is 362 g/mol. The van der Waals surface area contributed by atoms with Crippen LogP contribution in [0.4, 0.5) is 0 Å². The number of hydrogen-bond acceptors (Lipinski definition) is 5. The summed E-state index contributed by atoms with van der Waals surface area (Å²) in [7, 11) is 0. The van der Waals surface area contributed by atoms with E-state index in [0.29, 0.717) is 16.4 Å². The van der Waals surface area contributed by atoms with Crippen molar-refractivity contribution in [3.05, 3.63) is 72.3 Å². The maximum absolute atomic E-state index is 12.2. The van der Waals surface area contributed by atoms with Gasteiger partial charge in [-0.25, -0.2) is 4.98 Å². The van der Waals surface area contributed by atoms with Crippen LogP contribution in [-0.4, -0.2) is 22.6 Å². The van der Waals surface area contributed by atoms with Crippen LogP contribution < -0.4 is 10.9 Å². The second-order valence-electron chi connectivity index (χ2n) is 5.80. The van der Waals surface area contributed by atoms with E-state index in [0.717, 1.165) is 28.1 Å². The Morgan fingerprint density at radius 3 is 2.56 bits per heavy atom. The third-order valence-electron chi connectivity index (χ3n) is 3.93. The summed E-state index contributed by atoms with van der Waals surface area (Å²) in [5, 5.41) is 2.42. The van der Waals surface area contributed by atoms with Gasteiger partial charge in [0.1, 0.15) is 5.52 Å². The fraction of sp³-hybridized carbons (Fsp3) is 0.0500. The largest absolute Gasteiger partial charge is 0.431 e. The number of carbonyl (C=O) groups is 2. The lowest BCUT2D eigenvalue weighted by Gasteiger charge is -2.07. The molecule has 27 heavy (non-hydrogen) atoms. The Kier molecular flexibility index (Phi) is 4.76. The molecule has 0 atom stereocenters. The standard InChI is InChI=1S/C20H15N3O3S/c24-18(12-27-20-21-16-7-3-4-8-17(16)26-20)22-23-19(25)15-10-9-13-5-1-2-6-14(13)11-15/h1-11H,12H2,(H,22,24)(H,23,25). The van der Waals surface area contributed by atoms with E-state index in [-0.39, 0.29) is 17.6 Å². The van der Waals surface area contributed by atoms with Crippen molar-refractivity contribution in [3.8, 4) is 0 Å². The Morgan fingerprint density at radius 1 is 0.926 bits per heavy atom. The van der Waals surface area contributed by atoms with Gasteiger partial charge in [-0.2, -0.15) is 0 Å². The van der Waals surface area contributed by atoms with Crippen LogP contribution in [0.3, 0.4) is 0 Å². The van der Waals surface area contributed by atoms with E-state index in [4.69, 9.17) is 4.42 Å². The maximum Gasteiger partial charge on any atom is 0.269 e. The highest BCUT2D eigenvalue weighted by molar-refractivity contribution is 7.99. The van der Waals surface area contributed by atoms with E-state index < -0.39 is 0 Å². The summed E-state index contributed by atoms with van der Waals surface area (Å²) < 4.78 is 5.54. The quantitative estimate of drug-likeness (QED) is 0.420. The summed E-state index contributed by atoms with van der Waals surface area (Å²) in [4.78, 5) is 28.5. The first kappa shape index (κ1) is 17.1. The second-order valence-corrected chi connectivity index (χ2v) is 6.73.